The maximum atomic E-state index is 12.3. The van der Waals surface area contributed by atoms with Crippen molar-refractivity contribution in [3.05, 3.63) is 47.7 Å². The number of ether oxygens (including phenoxy) is 3. The zero-order valence-corrected chi connectivity index (χ0v) is 18.5. The molecule has 0 bridgehead atoms. The monoisotopic (exact) mass is 538 g/mol. The molecule has 0 atom stereocenters. The first-order valence-electron chi connectivity index (χ1n) is 8.98. The average molecular weight is 538 g/mol. The summed E-state index contributed by atoms with van der Waals surface area (Å²) in [6, 6.07) is 8.78. The molecule has 1 aliphatic rings. The first kappa shape index (κ1) is 23.8. The van der Waals surface area contributed by atoms with Gasteiger partial charge in [0.2, 0.25) is 12.7 Å². The second-order valence-electron chi connectivity index (χ2n) is 6.14. The number of alkyl halides is 3. The van der Waals surface area contributed by atoms with E-state index in [4.69, 9.17) is 9.47 Å². The summed E-state index contributed by atoms with van der Waals surface area (Å²) in [4.78, 5) is 8.31. The molecule has 0 aliphatic carbocycles. The third-order valence-corrected chi connectivity index (χ3v) is 3.84. The van der Waals surface area contributed by atoms with Crippen molar-refractivity contribution in [2.24, 2.45) is 4.99 Å². The molecule has 0 saturated heterocycles. The average Bonchev–Trinajstić information content (AvgIpc) is 3.16. The fourth-order valence-electron chi connectivity index (χ4n) is 2.53. The quantitative estimate of drug-likeness (QED) is 0.319. The Morgan fingerprint density at radius 3 is 2.70 bits per heavy atom. The van der Waals surface area contributed by atoms with E-state index in [-0.39, 0.29) is 36.6 Å². The van der Waals surface area contributed by atoms with E-state index in [2.05, 4.69) is 25.3 Å². The van der Waals surface area contributed by atoms with Crippen LogP contribution in [0.25, 0.3) is 0 Å². The molecule has 0 unspecified atom stereocenters. The van der Waals surface area contributed by atoms with E-state index < -0.39 is 12.8 Å². The Kier molecular flexibility index (Phi) is 8.81. The van der Waals surface area contributed by atoms with Gasteiger partial charge in [-0.25, -0.2) is 9.98 Å². The number of aliphatic imine (C=N–C) groups is 1. The van der Waals surface area contributed by atoms with Gasteiger partial charge in [0.1, 0.15) is 0 Å². The topological polar surface area (TPSA) is 77.0 Å². The van der Waals surface area contributed by atoms with E-state index in [0.29, 0.717) is 42.7 Å². The number of pyridine rings is 1. The Morgan fingerprint density at radius 1 is 1.13 bits per heavy atom. The molecule has 1 aliphatic heterocycles. The smallest absolute Gasteiger partial charge is 0.422 e. The van der Waals surface area contributed by atoms with Gasteiger partial charge >= 0.3 is 6.18 Å². The molecule has 3 rings (SSSR count). The second kappa shape index (κ2) is 11.1. The van der Waals surface area contributed by atoms with Gasteiger partial charge in [0.05, 0.1) is 6.54 Å². The van der Waals surface area contributed by atoms with Crippen LogP contribution < -0.4 is 24.8 Å². The van der Waals surface area contributed by atoms with Gasteiger partial charge < -0.3 is 24.8 Å². The molecule has 1 aromatic carbocycles. The minimum absolute atomic E-state index is 0. The van der Waals surface area contributed by atoms with Gasteiger partial charge in [0.15, 0.2) is 24.1 Å². The van der Waals surface area contributed by atoms with Crippen molar-refractivity contribution in [2.45, 2.75) is 26.2 Å². The highest BCUT2D eigenvalue weighted by Gasteiger charge is 2.28. The molecule has 2 heterocycles. The minimum atomic E-state index is -4.41. The number of nitrogens with zero attached hydrogens (tertiary/aromatic N) is 2. The summed E-state index contributed by atoms with van der Waals surface area (Å²) < 4.78 is 52.2. The Morgan fingerprint density at radius 2 is 1.93 bits per heavy atom. The second-order valence-corrected chi connectivity index (χ2v) is 6.14. The molecule has 0 radical (unpaired) electrons. The SMILES string of the molecule is CCNC(=NCc1ccc2c(c1)OCO2)NCc1ccnc(OCC(F)(F)F)c1.I. The normalized spacial score (nSPS) is 12.9. The predicted octanol–water partition coefficient (Wildman–Crippen LogP) is 3.62. The van der Waals surface area contributed by atoms with Crippen LogP contribution in [-0.2, 0) is 13.1 Å². The van der Waals surface area contributed by atoms with E-state index in [1.54, 1.807) is 6.07 Å². The van der Waals surface area contributed by atoms with E-state index in [9.17, 15) is 13.2 Å². The van der Waals surface area contributed by atoms with E-state index in [1.807, 2.05) is 25.1 Å². The summed E-state index contributed by atoms with van der Waals surface area (Å²) in [5, 5.41) is 6.26. The Hall–Kier alpha value is -2.44. The van der Waals surface area contributed by atoms with Crippen LogP contribution in [0.5, 0.6) is 17.4 Å². The highest BCUT2D eigenvalue weighted by Crippen LogP contribution is 2.32. The number of fused-ring (bicyclic) bond motifs is 1. The fraction of sp³-hybridized carbons (Fsp3) is 0.368. The molecule has 1 aromatic heterocycles. The molecular weight excluding hydrogens is 516 g/mol. The number of hydrogen-bond acceptors (Lipinski definition) is 5. The van der Waals surface area contributed by atoms with Crippen molar-refractivity contribution in [1.29, 1.82) is 0 Å². The number of hydrogen-bond donors (Lipinski definition) is 2. The summed E-state index contributed by atoms with van der Waals surface area (Å²) in [7, 11) is 0. The van der Waals surface area contributed by atoms with Gasteiger partial charge in [0.25, 0.3) is 0 Å². The van der Waals surface area contributed by atoms with Crippen LogP contribution in [-0.4, -0.2) is 37.1 Å². The van der Waals surface area contributed by atoms with Crippen molar-refractivity contribution >= 4 is 29.9 Å². The Balaban J connectivity index is 0.00000320. The molecule has 0 amide bonds. The highest BCUT2D eigenvalue weighted by atomic mass is 127. The maximum Gasteiger partial charge on any atom is 0.422 e. The zero-order valence-electron chi connectivity index (χ0n) is 16.2. The van der Waals surface area contributed by atoms with Crippen molar-refractivity contribution in [3.8, 4) is 17.4 Å². The first-order valence-corrected chi connectivity index (χ1v) is 8.98. The van der Waals surface area contributed by atoms with Crippen LogP contribution in [0, 0.1) is 0 Å². The van der Waals surface area contributed by atoms with Crippen molar-refractivity contribution in [1.82, 2.24) is 15.6 Å². The van der Waals surface area contributed by atoms with Crippen LogP contribution in [0.4, 0.5) is 13.2 Å². The van der Waals surface area contributed by atoms with Crippen LogP contribution in [0.3, 0.4) is 0 Å². The summed E-state index contributed by atoms with van der Waals surface area (Å²) >= 11 is 0. The molecule has 11 heteroatoms. The largest absolute Gasteiger partial charge is 0.468 e. The number of nitrogens with one attached hydrogen (secondary N) is 2. The molecule has 164 valence electrons. The van der Waals surface area contributed by atoms with Gasteiger partial charge in [-0.3, -0.25) is 0 Å². The van der Waals surface area contributed by atoms with Gasteiger partial charge in [-0.1, -0.05) is 6.07 Å². The number of guanidine groups is 1. The van der Waals surface area contributed by atoms with E-state index in [0.717, 1.165) is 5.56 Å². The van der Waals surface area contributed by atoms with Gasteiger partial charge in [-0.2, -0.15) is 13.2 Å². The lowest BCUT2D eigenvalue weighted by atomic mass is 10.2. The predicted molar refractivity (Wildman–Crippen MR) is 115 cm³/mol. The van der Waals surface area contributed by atoms with Gasteiger partial charge in [0, 0.05) is 25.4 Å². The summed E-state index contributed by atoms with van der Waals surface area (Å²) in [6.45, 7) is 2.19. The van der Waals surface area contributed by atoms with Crippen LogP contribution >= 0.6 is 24.0 Å². The molecule has 0 spiro atoms. The third kappa shape index (κ3) is 7.43. The Bertz CT molecular complexity index is 865. The zero-order chi connectivity index (χ0) is 20.7. The molecule has 2 N–H and O–H groups in total. The lowest BCUT2D eigenvalue weighted by Gasteiger charge is -2.12. The molecule has 30 heavy (non-hydrogen) atoms. The standard InChI is InChI=1S/C19H21F3N4O3.HI/c1-2-23-18(25-9-13-3-4-15-16(7-13)29-12-28-15)26-10-14-5-6-24-17(8-14)27-11-19(20,21)22;/h3-8H,2,9-12H2,1H3,(H2,23,25,26);1H. The maximum absolute atomic E-state index is 12.3. The highest BCUT2D eigenvalue weighted by molar-refractivity contribution is 14.0. The van der Waals surface area contributed by atoms with Crippen LogP contribution in [0.1, 0.15) is 18.1 Å². The van der Waals surface area contributed by atoms with E-state index >= 15 is 0 Å². The lowest BCUT2D eigenvalue weighted by molar-refractivity contribution is -0.154. The molecule has 0 saturated carbocycles. The lowest BCUT2D eigenvalue weighted by Crippen LogP contribution is -2.36. The summed E-state index contributed by atoms with van der Waals surface area (Å²) in [6.07, 6.45) is -3.01. The van der Waals surface area contributed by atoms with Gasteiger partial charge in [-0.15, -0.1) is 24.0 Å². The number of halogens is 4. The Labute approximate surface area is 189 Å². The molecule has 2 aromatic rings. The molecular formula is C19H22F3IN4O3. The summed E-state index contributed by atoms with van der Waals surface area (Å²) in [5.74, 6) is 1.89. The number of aromatic nitrogens is 1. The van der Waals surface area contributed by atoms with Crippen molar-refractivity contribution < 1.29 is 27.4 Å². The molecule has 0 fully saturated rings. The van der Waals surface area contributed by atoms with Gasteiger partial charge in [-0.05, 0) is 36.2 Å². The third-order valence-electron chi connectivity index (χ3n) is 3.84. The van der Waals surface area contributed by atoms with Crippen LogP contribution in [0.15, 0.2) is 41.5 Å². The van der Waals surface area contributed by atoms with Crippen molar-refractivity contribution in [3.63, 3.8) is 0 Å². The van der Waals surface area contributed by atoms with Crippen molar-refractivity contribution in [2.75, 3.05) is 19.9 Å². The number of benzene rings is 1. The van der Waals surface area contributed by atoms with Crippen LogP contribution in [0.2, 0.25) is 0 Å². The minimum Gasteiger partial charge on any atom is -0.468 e. The number of rotatable bonds is 7. The fourth-order valence-corrected chi connectivity index (χ4v) is 2.53. The summed E-state index contributed by atoms with van der Waals surface area (Å²) in [5.41, 5.74) is 1.67. The molecule has 7 nitrogen and oxygen atoms in total. The van der Waals surface area contributed by atoms with E-state index in [1.165, 1.54) is 12.3 Å². The first-order chi connectivity index (χ1) is 13.9.